The molecule has 9 nitrogen and oxygen atoms in total. The number of allylic oxidation sites excluding steroid dienone is 1. The van der Waals surface area contributed by atoms with E-state index in [0.717, 1.165) is 64.0 Å². The van der Waals surface area contributed by atoms with Gasteiger partial charge >= 0.3 is 7.55 Å². The molecular formula is C31H33BClN7O2+. The van der Waals surface area contributed by atoms with E-state index < -0.39 is 0 Å². The monoisotopic (exact) mass is 581 g/mol. The molecule has 2 aromatic carbocycles. The minimum Gasteiger partial charge on any atom is -0.493 e. The fraction of sp³-hybridized carbons (Fsp3) is 0.226. The van der Waals surface area contributed by atoms with E-state index in [9.17, 15) is 4.79 Å². The van der Waals surface area contributed by atoms with Gasteiger partial charge in [-0.25, -0.2) is 4.99 Å². The molecule has 1 radical (unpaired) electrons. The van der Waals surface area contributed by atoms with Crippen LogP contribution in [0.1, 0.15) is 43.5 Å². The quantitative estimate of drug-likeness (QED) is 0.0993. The highest BCUT2D eigenvalue weighted by atomic mass is 35.5. The molecule has 11 heteroatoms. The molecule has 0 fully saturated rings. The molecule has 3 heterocycles. The van der Waals surface area contributed by atoms with Gasteiger partial charge in [0.15, 0.2) is 0 Å². The number of carbonyl (C=O) groups excluding carboxylic acids is 1. The van der Waals surface area contributed by atoms with Crippen LogP contribution < -0.4 is 21.2 Å². The number of nitrogens with one attached hydrogen (secondary N) is 2. The molecule has 3 aromatic rings. The number of benzene rings is 2. The van der Waals surface area contributed by atoms with Crippen molar-refractivity contribution in [2.75, 3.05) is 17.8 Å². The molecule has 0 saturated heterocycles. The summed E-state index contributed by atoms with van der Waals surface area (Å²) in [6.07, 6.45) is 7.57. The van der Waals surface area contributed by atoms with Crippen LogP contribution in [-0.4, -0.2) is 52.7 Å². The summed E-state index contributed by atoms with van der Waals surface area (Å²) in [7, 11) is 2.03. The van der Waals surface area contributed by atoms with Crippen LogP contribution in [-0.2, 0) is 11.3 Å². The summed E-state index contributed by atoms with van der Waals surface area (Å²) in [4.78, 5) is 16.5. The van der Waals surface area contributed by atoms with Gasteiger partial charge in [-0.3, -0.25) is 14.6 Å². The van der Waals surface area contributed by atoms with Crippen molar-refractivity contribution in [3.63, 3.8) is 0 Å². The number of alkyl halides is 1. The summed E-state index contributed by atoms with van der Waals surface area (Å²) in [5.74, 6) is 7.77. The Morgan fingerprint density at radius 3 is 2.67 bits per heavy atom. The first-order valence-electron chi connectivity index (χ1n) is 13.9. The Morgan fingerprint density at radius 1 is 1.12 bits per heavy atom. The lowest BCUT2D eigenvalue weighted by molar-refractivity contribution is -0.315. The predicted octanol–water partition coefficient (Wildman–Crippen LogP) is 4.81. The number of hydrazone groups is 1. The predicted molar refractivity (Wildman–Crippen MR) is 171 cm³/mol. The third-order valence-electron chi connectivity index (χ3n) is 6.89. The van der Waals surface area contributed by atoms with Gasteiger partial charge in [-0.1, -0.05) is 43.7 Å². The molecule has 5 rings (SSSR count). The third-order valence-corrected chi connectivity index (χ3v) is 7.13. The number of amidine groups is 1. The van der Waals surface area contributed by atoms with Crippen molar-refractivity contribution in [3.8, 4) is 5.75 Å². The molecule has 0 saturated carbocycles. The Morgan fingerprint density at radius 2 is 1.93 bits per heavy atom. The molecule has 0 aliphatic carbocycles. The van der Waals surface area contributed by atoms with Crippen LogP contribution in [0, 0.1) is 0 Å². The van der Waals surface area contributed by atoms with Gasteiger partial charge in [0.2, 0.25) is 5.91 Å². The van der Waals surface area contributed by atoms with Crippen molar-refractivity contribution in [3.05, 3.63) is 95.3 Å². The summed E-state index contributed by atoms with van der Waals surface area (Å²) in [5.41, 5.74) is 6.51. The average molecular weight is 582 g/mol. The number of fused-ring (bicyclic) bond motifs is 2. The van der Waals surface area contributed by atoms with Crippen LogP contribution in [0.3, 0.4) is 0 Å². The molecule has 1 amide bonds. The Hall–Kier alpha value is -4.57. The number of aliphatic imine (C=N–C) groups is 1. The number of aromatic nitrogens is 1. The highest BCUT2D eigenvalue weighted by Gasteiger charge is 2.34. The van der Waals surface area contributed by atoms with Gasteiger partial charge < -0.3 is 20.4 Å². The minimum absolute atomic E-state index is 0.0983. The molecule has 2 aliphatic rings. The summed E-state index contributed by atoms with van der Waals surface area (Å²) in [6, 6.07) is 19.8. The summed E-state index contributed by atoms with van der Waals surface area (Å²) >= 11 is 5.67. The van der Waals surface area contributed by atoms with E-state index in [1.165, 1.54) is 0 Å². The molecule has 0 atom stereocenters. The Bertz CT molecular complexity index is 1620. The van der Waals surface area contributed by atoms with Crippen molar-refractivity contribution < 1.29 is 14.0 Å². The van der Waals surface area contributed by atoms with E-state index in [-0.39, 0.29) is 11.8 Å². The molecule has 0 bridgehead atoms. The van der Waals surface area contributed by atoms with Crippen LogP contribution in [0.4, 0.5) is 11.5 Å². The molecule has 4 N–H and O–H groups in total. The van der Waals surface area contributed by atoms with Crippen molar-refractivity contribution in [1.82, 2.24) is 9.79 Å². The van der Waals surface area contributed by atoms with Gasteiger partial charge in [-0.15, -0.1) is 11.6 Å². The third kappa shape index (κ3) is 6.18. The van der Waals surface area contributed by atoms with Gasteiger partial charge in [-0.2, -0.15) is 5.10 Å². The van der Waals surface area contributed by atoms with Gasteiger partial charge in [0.1, 0.15) is 29.7 Å². The smallest absolute Gasteiger partial charge is 0.493 e. The highest BCUT2D eigenvalue weighted by Crippen LogP contribution is 2.36. The second-order valence-electron chi connectivity index (χ2n) is 9.69. The van der Waals surface area contributed by atoms with E-state index in [1.807, 2.05) is 63.0 Å². The fourth-order valence-electron chi connectivity index (χ4n) is 4.94. The standard InChI is InChI=1S/C31H33BClN7O2/c1-3-7-24(38-34)20-36-29-17-15-26-31(21-10-12-23(13-11-21)37-30(41)18-33)25-14-16-28(39(25)32-40(26)29)35-19-22-8-5-6-9-27(22)42-4-2/h5-6,8-17,20,35H,3-4,7,18-19,34H2,1-2H3,(H,37,41)/q+1. The summed E-state index contributed by atoms with van der Waals surface area (Å²) in [6.45, 7) is 5.26. The van der Waals surface area contributed by atoms with Crippen LogP contribution in [0.2, 0.25) is 0 Å². The first-order chi connectivity index (χ1) is 20.6. The van der Waals surface area contributed by atoms with E-state index in [0.29, 0.717) is 18.8 Å². The summed E-state index contributed by atoms with van der Waals surface area (Å²) < 4.78 is 10.0. The number of hydrogen-bond acceptors (Lipinski definition) is 6. The van der Waals surface area contributed by atoms with E-state index >= 15 is 0 Å². The molecule has 0 spiro atoms. The lowest BCUT2D eigenvalue weighted by Crippen LogP contribution is -2.36. The molecule has 2 aliphatic heterocycles. The largest absolute Gasteiger partial charge is 0.553 e. The lowest BCUT2D eigenvalue weighted by atomic mass is 9.92. The summed E-state index contributed by atoms with van der Waals surface area (Å²) in [5, 5.41) is 10.3. The zero-order valence-corrected chi connectivity index (χ0v) is 24.4. The molecule has 213 valence electrons. The Balaban J connectivity index is 1.54. The van der Waals surface area contributed by atoms with Crippen molar-refractivity contribution >= 4 is 59.9 Å². The Kier molecular flexibility index (Phi) is 9.23. The van der Waals surface area contributed by atoms with Crippen molar-refractivity contribution in [2.24, 2.45) is 15.9 Å². The van der Waals surface area contributed by atoms with Gasteiger partial charge in [0.05, 0.1) is 18.5 Å². The molecule has 0 unspecified atom stereocenters. The number of carbonyl (C=O) groups is 1. The zero-order chi connectivity index (χ0) is 29.5. The normalized spacial score (nSPS) is 14.2. The van der Waals surface area contributed by atoms with Crippen molar-refractivity contribution in [1.29, 1.82) is 0 Å². The Labute approximate surface area is 251 Å². The minimum atomic E-state index is -0.250. The zero-order valence-electron chi connectivity index (χ0n) is 23.7. The number of nitrogens with zero attached hydrogens (tertiary/aromatic N) is 4. The number of rotatable bonds is 11. The van der Waals surface area contributed by atoms with Gasteiger partial charge in [0.25, 0.3) is 5.84 Å². The van der Waals surface area contributed by atoms with E-state index in [2.05, 4.69) is 55.9 Å². The second-order valence-corrected chi connectivity index (χ2v) is 9.96. The first-order valence-corrected chi connectivity index (χ1v) is 14.5. The van der Waals surface area contributed by atoms with Crippen LogP contribution in [0.25, 0.3) is 5.57 Å². The lowest BCUT2D eigenvalue weighted by Gasteiger charge is -2.21. The topological polar surface area (TPSA) is 109 Å². The molecular weight excluding hydrogens is 549 g/mol. The number of ether oxygens (including phenoxy) is 1. The second kappa shape index (κ2) is 13.4. The van der Waals surface area contributed by atoms with Crippen LogP contribution >= 0.6 is 11.6 Å². The highest BCUT2D eigenvalue weighted by molar-refractivity contribution is 6.32. The fourth-order valence-corrected chi connectivity index (χ4v) is 5.00. The number of hydrogen-bond donors (Lipinski definition) is 3. The number of amides is 1. The number of nitrogens with two attached hydrogens (primary N) is 1. The van der Waals surface area contributed by atoms with Crippen LogP contribution in [0.5, 0.6) is 5.75 Å². The number of para-hydroxylation sites is 1. The van der Waals surface area contributed by atoms with Gasteiger partial charge in [0, 0.05) is 28.6 Å². The van der Waals surface area contributed by atoms with Crippen molar-refractivity contribution in [2.45, 2.75) is 33.2 Å². The maximum absolute atomic E-state index is 11.8. The number of halogens is 1. The average Bonchev–Trinajstić information content (AvgIpc) is 3.62. The number of anilines is 1. The van der Waals surface area contributed by atoms with Gasteiger partial charge in [-0.05, 0) is 55.3 Å². The maximum atomic E-state index is 11.8. The van der Waals surface area contributed by atoms with E-state index in [4.69, 9.17) is 27.2 Å². The molecule has 1 aromatic heterocycles. The van der Waals surface area contributed by atoms with E-state index in [1.54, 1.807) is 6.21 Å². The maximum Gasteiger partial charge on any atom is 0.553 e. The molecule has 42 heavy (non-hydrogen) atoms. The SMILES string of the molecule is CCCC(C=Nc1ccc2n1[B][N+]1=C(NCc3ccccc3OCC)C=CC1=C2c1ccc(NC(=O)CCl)cc1)=NN. The first kappa shape index (κ1) is 28.9. The van der Waals surface area contributed by atoms with Crippen LogP contribution in [0.15, 0.2) is 88.6 Å².